The Hall–Kier alpha value is -1.95. The Balaban J connectivity index is 2.15. The summed E-state index contributed by atoms with van der Waals surface area (Å²) in [7, 11) is 0. The highest BCUT2D eigenvalue weighted by Crippen LogP contribution is 2.24. The van der Waals surface area contributed by atoms with Gasteiger partial charge in [-0.25, -0.2) is 19.2 Å². The van der Waals surface area contributed by atoms with Crippen LogP contribution in [0, 0.1) is 5.82 Å². The van der Waals surface area contributed by atoms with Crippen LogP contribution in [0.1, 0.15) is 35.2 Å². The Morgan fingerprint density at radius 2 is 2.14 bits per heavy atom. The van der Waals surface area contributed by atoms with Crippen LogP contribution >= 0.6 is 11.8 Å². The second-order valence-electron chi connectivity index (χ2n) is 4.42. The molecule has 0 saturated carbocycles. The van der Waals surface area contributed by atoms with E-state index < -0.39 is 5.97 Å². The molecule has 1 N–H and O–H groups in total. The zero-order valence-electron chi connectivity index (χ0n) is 11.5. The monoisotopic (exact) mass is 306 g/mol. The summed E-state index contributed by atoms with van der Waals surface area (Å²) in [6, 6.07) is 6.50. The molecule has 0 spiro atoms. The zero-order valence-corrected chi connectivity index (χ0v) is 12.4. The maximum Gasteiger partial charge on any atom is 0.339 e. The summed E-state index contributed by atoms with van der Waals surface area (Å²) >= 11 is 1.29. The van der Waals surface area contributed by atoms with Crippen LogP contribution in [-0.4, -0.2) is 21.0 Å². The number of aryl methyl sites for hydroxylation is 1. The van der Waals surface area contributed by atoms with Gasteiger partial charge in [-0.2, -0.15) is 0 Å². The van der Waals surface area contributed by atoms with Gasteiger partial charge in [0.05, 0.1) is 17.0 Å². The number of nitrogens with zero attached hydrogens (tertiary/aromatic N) is 2. The van der Waals surface area contributed by atoms with E-state index in [1.807, 2.05) is 6.92 Å². The molecule has 0 atom stereocenters. The molecule has 2 rings (SSSR count). The van der Waals surface area contributed by atoms with Crippen molar-refractivity contribution in [3.8, 4) is 0 Å². The summed E-state index contributed by atoms with van der Waals surface area (Å²) in [4.78, 5) is 20.0. The van der Waals surface area contributed by atoms with Crippen LogP contribution in [0.2, 0.25) is 0 Å². The molecule has 0 radical (unpaired) electrons. The van der Waals surface area contributed by atoms with Crippen molar-refractivity contribution in [2.75, 3.05) is 0 Å². The number of rotatable bonds is 6. The van der Waals surface area contributed by atoms with Gasteiger partial charge in [-0.1, -0.05) is 25.5 Å². The number of carboxylic acids is 1. The lowest BCUT2D eigenvalue weighted by molar-refractivity contribution is 0.0694. The Morgan fingerprint density at radius 1 is 1.38 bits per heavy atom. The van der Waals surface area contributed by atoms with Gasteiger partial charge in [-0.05, 0) is 18.6 Å². The molecular formula is C15H15FN2O2S. The Kier molecular flexibility index (Phi) is 5.27. The summed E-state index contributed by atoms with van der Waals surface area (Å²) in [5.41, 5.74) is 0.667. The quantitative estimate of drug-likeness (QED) is 0.827. The lowest BCUT2D eigenvalue weighted by Crippen LogP contribution is -2.08. The largest absolute Gasteiger partial charge is 0.478 e. The molecule has 0 fully saturated rings. The van der Waals surface area contributed by atoms with Crippen molar-refractivity contribution in [2.24, 2.45) is 0 Å². The first kappa shape index (κ1) is 15.4. The number of carboxylic acid groups (broad SMARTS) is 1. The first-order valence-corrected chi connectivity index (χ1v) is 7.55. The molecule has 0 aliphatic heterocycles. The molecule has 6 heteroatoms. The third-order valence-corrected chi connectivity index (χ3v) is 3.87. The fourth-order valence-corrected chi connectivity index (χ4v) is 2.64. The predicted molar refractivity (Wildman–Crippen MR) is 78.9 cm³/mol. The maximum absolute atomic E-state index is 13.5. The first-order chi connectivity index (χ1) is 10.1. The maximum atomic E-state index is 13.5. The van der Waals surface area contributed by atoms with E-state index in [0.29, 0.717) is 28.6 Å². The van der Waals surface area contributed by atoms with Crippen molar-refractivity contribution in [1.82, 2.24) is 9.97 Å². The van der Waals surface area contributed by atoms with E-state index in [-0.39, 0.29) is 11.4 Å². The topological polar surface area (TPSA) is 63.1 Å². The van der Waals surface area contributed by atoms with Gasteiger partial charge in [0.15, 0.2) is 0 Å². The lowest BCUT2D eigenvalue weighted by atomic mass is 10.1. The van der Waals surface area contributed by atoms with Gasteiger partial charge in [0.1, 0.15) is 11.6 Å². The van der Waals surface area contributed by atoms with Crippen LogP contribution in [0.15, 0.2) is 35.4 Å². The Labute approximate surface area is 126 Å². The van der Waals surface area contributed by atoms with Gasteiger partial charge in [0, 0.05) is 11.1 Å². The Bertz CT molecular complexity index is 649. The molecule has 1 heterocycles. The molecule has 0 saturated heterocycles. The molecule has 0 unspecified atom stereocenters. The average Bonchev–Trinajstić information content (AvgIpc) is 2.46. The number of aromatic nitrogens is 2. The molecule has 1 aromatic carbocycles. The molecule has 0 bridgehead atoms. The summed E-state index contributed by atoms with van der Waals surface area (Å²) in [5, 5.41) is 9.09. The fourth-order valence-electron chi connectivity index (χ4n) is 1.84. The summed E-state index contributed by atoms with van der Waals surface area (Å²) in [5.74, 6) is -0.390. The van der Waals surface area contributed by atoms with Gasteiger partial charge in [0.2, 0.25) is 0 Å². The van der Waals surface area contributed by atoms with E-state index in [4.69, 9.17) is 5.11 Å². The highest BCUT2D eigenvalue weighted by atomic mass is 32.2. The van der Waals surface area contributed by atoms with Crippen LogP contribution in [-0.2, 0) is 12.2 Å². The molecule has 4 nitrogen and oxygen atoms in total. The molecule has 0 aliphatic carbocycles. The lowest BCUT2D eigenvalue weighted by Gasteiger charge is -2.07. The summed E-state index contributed by atoms with van der Waals surface area (Å²) in [6.07, 6.45) is 2.72. The van der Waals surface area contributed by atoms with E-state index in [1.165, 1.54) is 24.0 Å². The number of hydrogen-bond acceptors (Lipinski definition) is 4. The fraction of sp³-hybridized carbons (Fsp3) is 0.267. The van der Waals surface area contributed by atoms with Crippen molar-refractivity contribution in [1.29, 1.82) is 0 Å². The number of aromatic carboxylic acids is 1. The third kappa shape index (κ3) is 4.01. The van der Waals surface area contributed by atoms with Crippen molar-refractivity contribution in [3.05, 3.63) is 53.4 Å². The molecule has 2 aromatic rings. The second kappa shape index (κ2) is 7.17. The smallest absolute Gasteiger partial charge is 0.339 e. The number of carbonyl (C=O) groups is 1. The number of benzene rings is 1. The van der Waals surface area contributed by atoms with Gasteiger partial charge in [0.25, 0.3) is 0 Å². The highest BCUT2D eigenvalue weighted by molar-refractivity contribution is 7.98. The molecule has 110 valence electrons. The Morgan fingerprint density at radius 3 is 2.81 bits per heavy atom. The van der Waals surface area contributed by atoms with E-state index in [0.717, 1.165) is 6.42 Å². The van der Waals surface area contributed by atoms with Crippen LogP contribution in [0.25, 0.3) is 0 Å². The molecule has 21 heavy (non-hydrogen) atoms. The van der Waals surface area contributed by atoms with E-state index in [1.54, 1.807) is 18.2 Å². The number of halogens is 1. The highest BCUT2D eigenvalue weighted by Gasteiger charge is 2.13. The van der Waals surface area contributed by atoms with Crippen LogP contribution in [0.5, 0.6) is 0 Å². The van der Waals surface area contributed by atoms with Gasteiger partial charge in [-0.3, -0.25) is 0 Å². The molecule has 0 aliphatic rings. The zero-order chi connectivity index (χ0) is 15.2. The molecule has 1 aromatic heterocycles. The van der Waals surface area contributed by atoms with Crippen molar-refractivity contribution >= 4 is 17.7 Å². The number of hydrogen-bond donors (Lipinski definition) is 1. The molecular weight excluding hydrogens is 291 g/mol. The summed E-state index contributed by atoms with van der Waals surface area (Å²) < 4.78 is 13.5. The van der Waals surface area contributed by atoms with Crippen LogP contribution in [0.4, 0.5) is 4.39 Å². The van der Waals surface area contributed by atoms with Gasteiger partial charge in [-0.15, -0.1) is 11.8 Å². The molecule has 0 amide bonds. The van der Waals surface area contributed by atoms with Crippen molar-refractivity contribution in [2.45, 2.75) is 30.4 Å². The predicted octanol–water partition coefficient (Wildman–Crippen LogP) is 3.56. The number of thioether (sulfide) groups is 1. The second-order valence-corrected chi connectivity index (χ2v) is 5.44. The van der Waals surface area contributed by atoms with Gasteiger partial charge >= 0.3 is 5.97 Å². The van der Waals surface area contributed by atoms with Crippen LogP contribution < -0.4 is 0 Å². The minimum Gasteiger partial charge on any atom is -0.478 e. The van der Waals surface area contributed by atoms with Gasteiger partial charge < -0.3 is 5.11 Å². The SMILES string of the molecule is CCCc1nc(CSc2ccccc2F)ncc1C(=O)O. The third-order valence-electron chi connectivity index (χ3n) is 2.83. The van der Waals surface area contributed by atoms with Crippen molar-refractivity contribution < 1.29 is 14.3 Å². The van der Waals surface area contributed by atoms with E-state index in [9.17, 15) is 9.18 Å². The first-order valence-electron chi connectivity index (χ1n) is 6.57. The van der Waals surface area contributed by atoms with Crippen LogP contribution in [0.3, 0.4) is 0 Å². The van der Waals surface area contributed by atoms with E-state index in [2.05, 4.69) is 9.97 Å². The normalized spacial score (nSPS) is 10.6. The van der Waals surface area contributed by atoms with E-state index >= 15 is 0 Å². The minimum absolute atomic E-state index is 0.136. The summed E-state index contributed by atoms with van der Waals surface area (Å²) in [6.45, 7) is 1.96. The standard InChI is InChI=1S/C15H15FN2O2S/c1-2-5-12-10(15(19)20)8-17-14(18-12)9-21-13-7-4-3-6-11(13)16/h3-4,6-8H,2,5,9H2,1H3,(H,19,20). The van der Waals surface area contributed by atoms with Crippen molar-refractivity contribution in [3.63, 3.8) is 0 Å². The minimum atomic E-state index is -1.02. The average molecular weight is 306 g/mol.